The molecule has 0 amide bonds. The highest BCUT2D eigenvalue weighted by molar-refractivity contribution is 7.96. The molecule has 0 aliphatic carbocycles. The molecule has 0 spiro atoms. The normalized spacial score (nSPS) is 18.6. The van der Waals surface area contributed by atoms with Crippen LogP contribution in [0.25, 0.3) is 0 Å². The molecule has 2 N–H and O–H groups in total. The molecule has 0 bridgehead atoms. The first kappa shape index (κ1) is 23.5. The van der Waals surface area contributed by atoms with E-state index in [9.17, 15) is 9.90 Å². The Balaban J connectivity index is 1.88. The van der Waals surface area contributed by atoms with Gasteiger partial charge in [-0.05, 0) is 12.8 Å². The standard InChI is InChI=1S/C22H36N4O2S/c1-3-4-5-6-7-8-9-10-11-12-15-19-16-13-14-17-20(19)26(18-21(27)28)24-23-22(29)25(26)2/h13-14,16-17,24H,3-12,15,18H2,1-2H3,(H-,23,27,28,29)/p+1. The molecule has 1 atom stereocenters. The summed E-state index contributed by atoms with van der Waals surface area (Å²) in [6.07, 6.45) is 14.0. The molecule has 6 nitrogen and oxygen atoms in total. The Hall–Kier alpha value is -1.73. The third kappa shape index (κ3) is 6.64. The van der Waals surface area contributed by atoms with Gasteiger partial charge in [0.25, 0.3) is 0 Å². The fourth-order valence-corrected chi connectivity index (χ4v) is 4.14. The van der Waals surface area contributed by atoms with Gasteiger partial charge < -0.3 is 5.11 Å². The van der Waals surface area contributed by atoms with Gasteiger partial charge in [-0.15, -0.1) is 5.53 Å². The number of carbonyl (C=O) groups is 1. The second-order valence-corrected chi connectivity index (χ2v) is 8.32. The van der Waals surface area contributed by atoms with Crippen LogP contribution < -0.4 is 10.2 Å². The zero-order valence-electron chi connectivity index (χ0n) is 17.9. The Morgan fingerprint density at radius 2 is 1.66 bits per heavy atom. The SMILES string of the molecule is CCCCCCCCCCCCc1ccccc1[N+]1(CC(=O)O)NN=C(S)N1C. The number of aliphatic carboxylic acids is 1. The number of benzene rings is 1. The summed E-state index contributed by atoms with van der Waals surface area (Å²) in [6.45, 7) is 2.12. The summed E-state index contributed by atoms with van der Waals surface area (Å²) in [7, 11) is 1.81. The highest BCUT2D eigenvalue weighted by Crippen LogP contribution is 2.31. The second-order valence-electron chi connectivity index (χ2n) is 7.92. The average Bonchev–Trinajstić information content (AvgIpc) is 2.98. The van der Waals surface area contributed by atoms with Crippen molar-refractivity contribution in [2.75, 3.05) is 13.6 Å². The predicted octanol–water partition coefficient (Wildman–Crippen LogP) is 5.11. The van der Waals surface area contributed by atoms with E-state index in [2.05, 4.69) is 36.3 Å². The molecule has 0 saturated heterocycles. The number of rotatable bonds is 14. The van der Waals surface area contributed by atoms with Crippen molar-refractivity contribution in [2.24, 2.45) is 5.10 Å². The first-order chi connectivity index (χ1) is 14.0. The van der Waals surface area contributed by atoms with Crippen molar-refractivity contribution in [1.29, 1.82) is 0 Å². The number of carboxylic acids is 1. The summed E-state index contributed by atoms with van der Waals surface area (Å²) in [4.78, 5) is 11.6. The van der Waals surface area contributed by atoms with Gasteiger partial charge >= 0.3 is 5.97 Å². The number of amidine groups is 1. The van der Waals surface area contributed by atoms with Crippen LogP contribution in [-0.2, 0) is 11.2 Å². The van der Waals surface area contributed by atoms with Gasteiger partial charge in [-0.2, -0.15) is 5.01 Å². The Kier molecular flexibility index (Phi) is 9.81. The van der Waals surface area contributed by atoms with Gasteiger partial charge in [-0.3, -0.25) is 0 Å². The molecule has 0 saturated carbocycles. The van der Waals surface area contributed by atoms with Crippen LogP contribution in [0.2, 0.25) is 0 Å². The first-order valence-corrected chi connectivity index (χ1v) is 11.4. The highest BCUT2D eigenvalue weighted by atomic mass is 32.1. The number of nitrogens with one attached hydrogen (secondary N) is 1. The summed E-state index contributed by atoms with van der Waals surface area (Å²) in [5.41, 5.74) is 5.07. The van der Waals surface area contributed by atoms with E-state index in [1.165, 1.54) is 57.8 Å². The summed E-state index contributed by atoms with van der Waals surface area (Å²) in [5.74, 6) is -0.892. The van der Waals surface area contributed by atoms with Gasteiger partial charge in [0.1, 0.15) is 0 Å². The Morgan fingerprint density at radius 1 is 1.07 bits per heavy atom. The first-order valence-electron chi connectivity index (χ1n) is 11.0. The molecule has 29 heavy (non-hydrogen) atoms. The summed E-state index contributed by atoms with van der Waals surface area (Å²) < 4.78 is -0.0674. The van der Waals surface area contributed by atoms with Crippen LogP contribution in [0.4, 0.5) is 5.69 Å². The number of para-hydroxylation sites is 1. The lowest BCUT2D eigenvalue weighted by Crippen LogP contribution is -2.65. The quantitative estimate of drug-likeness (QED) is 0.222. The van der Waals surface area contributed by atoms with E-state index in [0.717, 1.165) is 24.1 Å². The van der Waals surface area contributed by atoms with E-state index in [-0.39, 0.29) is 11.2 Å². The van der Waals surface area contributed by atoms with Gasteiger partial charge in [0.2, 0.25) is 11.7 Å². The van der Waals surface area contributed by atoms with Crippen LogP contribution in [0, 0.1) is 0 Å². The molecule has 0 aromatic heterocycles. The van der Waals surface area contributed by atoms with Gasteiger partial charge in [-0.25, -0.2) is 4.79 Å². The molecule has 1 heterocycles. The van der Waals surface area contributed by atoms with Gasteiger partial charge in [0, 0.05) is 11.6 Å². The van der Waals surface area contributed by atoms with E-state index < -0.39 is 5.97 Å². The van der Waals surface area contributed by atoms with Crippen molar-refractivity contribution < 1.29 is 9.90 Å². The maximum atomic E-state index is 11.6. The maximum Gasteiger partial charge on any atom is 0.364 e. The zero-order valence-corrected chi connectivity index (χ0v) is 18.8. The lowest BCUT2D eigenvalue weighted by atomic mass is 10.0. The fraction of sp³-hybridized carbons (Fsp3) is 0.636. The summed E-state index contributed by atoms with van der Waals surface area (Å²) in [6, 6.07) is 8.05. The molecule has 0 radical (unpaired) electrons. The highest BCUT2D eigenvalue weighted by Gasteiger charge is 2.46. The van der Waals surface area contributed by atoms with Crippen molar-refractivity contribution in [3.63, 3.8) is 0 Å². The van der Waals surface area contributed by atoms with Crippen LogP contribution in [0.1, 0.15) is 76.7 Å². The molecule has 162 valence electrons. The lowest BCUT2D eigenvalue weighted by Gasteiger charge is -2.36. The number of quaternary nitrogens is 1. The van der Waals surface area contributed by atoms with Crippen molar-refractivity contribution in [3.05, 3.63) is 29.8 Å². The topological polar surface area (TPSA) is 64.9 Å². The van der Waals surface area contributed by atoms with Crippen molar-refractivity contribution in [2.45, 2.75) is 77.6 Å². The minimum absolute atomic E-state index is 0.0674. The Labute approximate surface area is 180 Å². The number of carboxylic acid groups (broad SMARTS) is 1. The number of hydrazone groups is 1. The molecule has 0 fully saturated rings. The number of thiol groups is 1. The average molecular weight is 422 g/mol. The van der Waals surface area contributed by atoms with E-state index in [0.29, 0.717) is 5.17 Å². The van der Waals surface area contributed by atoms with Crippen LogP contribution in [0.3, 0.4) is 0 Å². The lowest BCUT2D eigenvalue weighted by molar-refractivity contribution is -0.141. The molecule has 1 unspecified atom stereocenters. The molecular formula is C22H37N4O2S+. The van der Waals surface area contributed by atoms with E-state index >= 15 is 0 Å². The monoisotopic (exact) mass is 421 g/mol. The molecule has 1 aromatic carbocycles. The van der Waals surface area contributed by atoms with E-state index in [4.69, 9.17) is 0 Å². The second kappa shape index (κ2) is 12.1. The molecule has 2 rings (SSSR count). The third-order valence-electron chi connectivity index (χ3n) is 5.67. The number of aryl methyl sites for hydroxylation is 1. The fourth-order valence-electron chi connectivity index (χ4n) is 3.94. The minimum atomic E-state index is -0.892. The Bertz CT molecular complexity index is 683. The van der Waals surface area contributed by atoms with Gasteiger partial charge in [0.15, 0.2) is 5.69 Å². The maximum absolute atomic E-state index is 11.6. The smallest absolute Gasteiger partial charge is 0.364 e. The molecule has 1 aliphatic heterocycles. The van der Waals surface area contributed by atoms with E-state index in [1.807, 2.05) is 25.2 Å². The van der Waals surface area contributed by atoms with Crippen molar-refractivity contribution in [3.8, 4) is 0 Å². The van der Waals surface area contributed by atoms with Crippen LogP contribution in [-0.4, -0.2) is 34.8 Å². The number of unbranched alkanes of at least 4 members (excludes halogenated alkanes) is 9. The van der Waals surface area contributed by atoms with Gasteiger partial charge in [-0.1, -0.05) is 105 Å². The van der Waals surface area contributed by atoms with Crippen LogP contribution >= 0.6 is 12.6 Å². The molecular weight excluding hydrogens is 384 g/mol. The summed E-state index contributed by atoms with van der Waals surface area (Å²) >= 11 is 4.36. The zero-order chi connectivity index (χ0) is 21.1. The van der Waals surface area contributed by atoms with Gasteiger partial charge in [0.05, 0.1) is 7.05 Å². The molecule has 1 aromatic rings. The minimum Gasteiger partial charge on any atom is -0.477 e. The molecule has 1 aliphatic rings. The van der Waals surface area contributed by atoms with Crippen LogP contribution in [0.15, 0.2) is 29.4 Å². The number of nitrogens with zero attached hydrogens (tertiary/aromatic N) is 3. The molecule has 7 heteroatoms. The number of hydrogen-bond donors (Lipinski definition) is 3. The van der Waals surface area contributed by atoms with Crippen molar-refractivity contribution >= 4 is 29.5 Å². The third-order valence-corrected chi connectivity index (χ3v) is 6.06. The van der Waals surface area contributed by atoms with Crippen molar-refractivity contribution in [1.82, 2.24) is 15.2 Å². The van der Waals surface area contributed by atoms with E-state index in [1.54, 1.807) is 5.01 Å². The predicted molar refractivity (Wildman–Crippen MR) is 124 cm³/mol. The Morgan fingerprint density at radius 3 is 2.21 bits per heavy atom. The summed E-state index contributed by atoms with van der Waals surface area (Å²) in [5, 5.41) is 15.9. The number of hydrogen-bond acceptors (Lipinski definition) is 4. The largest absolute Gasteiger partial charge is 0.477 e. The van der Waals surface area contributed by atoms with Crippen LogP contribution in [0.5, 0.6) is 0 Å².